The quantitative estimate of drug-likeness (QED) is 0.584. The fourth-order valence-electron chi connectivity index (χ4n) is 2.26. The number of nitrogens with zero attached hydrogens (tertiary/aromatic N) is 3. The zero-order chi connectivity index (χ0) is 13.4. The number of para-hydroxylation sites is 2. The number of benzene rings is 1. The number of imidazole rings is 2. The third kappa shape index (κ3) is 1.96. The van der Waals surface area contributed by atoms with Crippen molar-refractivity contribution >= 4 is 28.4 Å². The second kappa shape index (κ2) is 4.68. The van der Waals surface area contributed by atoms with Crippen LogP contribution >= 0.6 is 11.8 Å². The number of fused-ring (bicyclic) bond motifs is 2. The lowest BCUT2D eigenvalue weighted by atomic mass is 10.3. The molecule has 0 atom stereocenters. The van der Waals surface area contributed by atoms with Gasteiger partial charge in [0.1, 0.15) is 5.65 Å². The van der Waals surface area contributed by atoms with Crippen LogP contribution < -0.4 is 0 Å². The predicted octanol–water partition coefficient (Wildman–Crippen LogP) is 3.50. The van der Waals surface area contributed by atoms with E-state index in [0.29, 0.717) is 0 Å². The Hall–Kier alpha value is -2.27. The fourth-order valence-corrected chi connectivity index (χ4v) is 3.13. The summed E-state index contributed by atoms with van der Waals surface area (Å²) in [5.74, 6) is 0.855. The average molecular weight is 280 g/mol. The molecule has 5 heteroatoms. The zero-order valence-electron chi connectivity index (χ0n) is 10.7. The van der Waals surface area contributed by atoms with Crippen molar-refractivity contribution in [3.05, 3.63) is 60.6 Å². The lowest BCUT2D eigenvalue weighted by molar-refractivity contribution is 1.05. The van der Waals surface area contributed by atoms with Gasteiger partial charge in [-0.2, -0.15) is 0 Å². The highest BCUT2D eigenvalue weighted by molar-refractivity contribution is 7.98. The molecule has 0 saturated carbocycles. The highest BCUT2D eigenvalue weighted by Crippen LogP contribution is 2.23. The van der Waals surface area contributed by atoms with Crippen LogP contribution in [0.25, 0.3) is 16.7 Å². The summed E-state index contributed by atoms with van der Waals surface area (Å²) in [7, 11) is 0. The molecule has 4 rings (SSSR count). The number of H-pyrrole nitrogens is 1. The first kappa shape index (κ1) is 11.5. The topological polar surface area (TPSA) is 46.0 Å². The van der Waals surface area contributed by atoms with Gasteiger partial charge in [0.15, 0.2) is 5.16 Å². The SMILES string of the molecule is c1ccc2[nH]c(SCc3cccc4nccn34)nc2c1. The highest BCUT2D eigenvalue weighted by Gasteiger charge is 2.05. The van der Waals surface area contributed by atoms with E-state index < -0.39 is 0 Å². The van der Waals surface area contributed by atoms with Crippen LogP contribution in [0.2, 0.25) is 0 Å². The maximum absolute atomic E-state index is 4.58. The summed E-state index contributed by atoms with van der Waals surface area (Å²) in [6.45, 7) is 0. The molecule has 20 heavy (non-hydrogen) atoms. The molecular weight excluding hydrogens is 268 g/mol. The highest BCUT2D eigenvalue weighted by atomic mass is 32.2. The summed E-state index contributed by atoms with van der Waals surface area (Å²) in [4.78, 5) is 12.2. The molecule has 98 valence electrons. The first-order chi connectivity index (χ1) is 9.90. The Kier molecular flexibility index (Phi) is 2.70. The van der Waals surface area contributed by atoms with Gasteiger partial charge < -0.3 is 9.38 Å². The van der Waals surface area contributed by atoms with Crippen LogP contribution in [-0.2, 0) is 5.75 Å². The van der Waals surface area contributed by atoms with Gasteiger partial charge in [0.25, 0.3) is 0 Å². The maximum Gasteiger partial charge on any atom is 0.166 e. The predicted molar refractivity (Wildman–Crippen MR) is 80.8 cm³/mol. The molecule has 0 saturated heterocycles. The molecule has 3 heterocycles. The molecule has 0 aliphatic rings. The molecule has 3 aromatic heterocycles. The smallest absolute Gasteiger partial charge is 0.166 e. The van der Waals surface area contributed by atoms with Gasteiger partial charge in [-0.1, -0.05) is 30.0 Å². The number of hydrogen-bond acceptors (Lipinski definition) is 3. The van der Waals surface area contributed by atoms with Gasteiger partial charge in [-0.05, 0) is 24.3 Å². The Morgan fingerprint density at radius 3 is 3.00 bits per heavy atom. The summed E-state index contributed by atoms with van der Waals surface area (Å²) in [5, 5.41) is 0.948. The Morgan fingerprint density at radius 1 is 1.10 bits per heavy atom. The second-order valence-electron chi connectivity index (χ2n) is 4.52. The van der Waals surface area contributed by atoms with E-state index >= 15 is 0 Å². The van der Waals surface area contributed by atoms with Crippen molar-refractivity contribution in [3.63, 3.8) is 0 Å². The Labute approximate surface area is 119 Å². The molecule has 0 spiro atoms. The molecule has 0 aliphatic carbocycles. The van der Waals surface area contributed by atoms with Crippen LogP contribution in [0.4, 0.5) is 0 Å². The number of nitrogens with one attached hydrogen (secondary N) is 1. The first-order valence-corrected chi connectivity index (χ1v) is 7.37. The van der Waals surface area contributed by atoms with Crippen molar-refractivity contribution in [1.82, 2.24) is 19.4 Å². The van der Waals surface area contributed by atoms with Crippen molar-refractivity contribution in [1.29, 1.82) is 0 Å². The van der Waals surface area contributed by atoms with E-state index in [0.717, 1.165) is 27.6 Å². The van der Waals surface area contributed by atoms with E-state index in [-0.39, 0.29) is 0 Å². The molecule has 0 aliphatic heterocycles. The minimum Gasteiger partial charge on any atom is -0.333 e. The number of rotatable bonds is 3. The van der Waals surface area contributed by atoms with Crippen molar-refractivity contribution in [3.8, 4) is 0 Å². The number of hydrogen-bond donors (Lipinski definition) is 1. The monoisotopic (exact) mass is 280 g/mol. The summed E-state index contributed by atoms with van der Waals surface area (Å²) in [6, 6.07) is 14.2. The Balaban J connectivity index is 1.62. The normalized spacial score (nSPS) is 11.4. The number of aromatic amines is 1. The van der Waals surface area contributed by atoms with E-state index in [1.54, 1.807) is 11.8 Å². The standard InChI is InChI=1S/C15H12N4S/c1-2-6-13-12(5-1)17-15(18-13)20-10-11-4-3-7-14-16-8-9-19(11)14/h1-9H,10H2,(H,17,18). The van der Waals surface area contributed by atoms with Crippen LogP contribution in [0.1, 0.15) is 5.69 Å². The molecule has 0 radical (unpaired) electrons. The number of thioether (sulfide) groups is 1. The van der Waals surface area contributed by atoms with Crippen LogP contribution in [0.3, 0.4) is 0 Å². The molecule has 0 bridgehead atoms. The summed E-state index contributed by atoms with van der Waals surface area (Å²) in [6.07, 6.45) is 3.81. The molecule has 4 aromatic rings. The lowest BCUT2D eigenvalue weighted by Gasteiger charge is -2.03. The Morgan fingerprint density at radius 2 is 2.05 bits per heavy atom. The molecule has 0 amide bonds. The van der Waals surface area contributed by atoms with Crippen molar-refractivity contribution in [2.24, 2.45) is 0 Å². The van der Waals surface area contributed by atoms with Gasteiger partial charge in [-0.15, -0.1) is 0 Å². The van der Waals surface area contributed by atoms with Crippen LogP contribution in [0.15, 0.2) is 60.0 Å². The Bertz CT molecular complexity index is 844. The largest absolute Gasteiger partial charge is 0.333 e. The summed E-state index contributed by atoms with van der Waals surface area (Å²) < 4.78 is 2.11. The van der Waals surface area contributed by atoms with E-state index in [4.69, 9.17) is 0 Å². The minimum atomic E-state index is 0.855. The molecule has 1 aromatic carbocycles. The van der Waals surface area contributed by atoms with Crippen LogP contribution in [0.5, 0.6) is 0 Å². The summed E-state index contributed by atoms with van der Waals surface area (Å²) >= 11 is 1.70. The van der Waals surface area contributed by atoms with Crippen molar-refractivity contribution in [2.75, 3.05) is 0 Å². The zero-order valence-corrected chi connectivity index (χ0v) is 11.5. The summed E-state index contributed by atoms with van der Waals surface area (Å²) in [5.41, 5.74) is 4.28. The van der Waals surface area contributed by atoms with Gasteiger partial charge in [-0.3, -0.25) is 0 Å². The number of aromatic nitrogens is 4. The van der Waals surface area contributed by atoms with Gasteiger partial charge in [-0.25, -0.2) is 9.97 Å². The molecular formula is C15H12N4S. The van der Waals surface area contributed by atoms with E-state index in [1.807, 2.05) is 48.8 Å². The molecule has 1 N–H and O–H groups in total. The second-order valence-corrected chi connectivity index (χ2v) is 5.48. The van der Waals surface area contributed by atoms with E-state index in [2.05, 4.69) is 25.4 Å². The van der Waals surface area contributed by atoms with E-state index in [1.165, 1.54) is 5.69 Å². The average Bonchev–Trinajstić information content (AvgIpc) is 3.11. The van der Waals surface area contributed by atoms with Crippen LogP contribution in [-0.4, -0.2) is 19.4 Å². The van der Waals surface area contributed by atoms with Crippen LogP contribution in [0, 0.1) is 0 Å². The van der Waals surface area contributed by atoms with Gasteiger partial charge in [0.2, 0.25) is 0 Å². The first-order valence-electron chi connectivity index (χ1n) is 6.39. The van der Waals surface area contributed by atoms with Crippen molar-refractivity contribution < 1.29 is 0 Å². The van der Waals surface area contributed by atoms with Gasteiger partial charge in [0.05, 0.1) is 11.0 Å². The molecule has 0 fully saturated rings. The lowest BCUT2D eigenvalue weighted by Crippen LogP contribution is -1.93. The van der Waals surface area contributed by atoms with Crippen molar-refractivity contribution in [2.45, 2.75) is 10.9 Å². The third-order valence-electron chi connectivity index (χ3n) is 3.24. The van der Waals surface area contributed by atoms with Gasteiger partial charge >= 0.3 is 0 Å². The minimum absolute atomic E-state index is 0.855. The molecule has 4 nitrogen and oxygen atoms in total. The number of pyridine rings is 1. The maximum atomic E-state index is 4.58. The fraction of sp³-hybridized carbons (Fsp3) is 0.0667. The third-order valence-corrected chi connectivity index (χ3v) is 4.14. The van der Waals surface area contributed by atoms with E-state index in [9.17, 15) is 0 Å². The molecule has 0 unspecified atom stereocenters. The van der Waals surface area contributed by atoms with Gasteiger partial charge in [0, 0.05) is 23.8 Å².